The molecule has 6 rings (SSSR count). The molecule has 2 aliphatic rings. The third-order valence-electron chi connectivity index (χ3n) is 6.28. The first-order valence-electron chi connectivity index (χ1n) is 9.96. The standard InChI is InChI=1S/C20H21ClN8/c1-28-26-15-5-4-13(17(21)19(15)27-28)14-8-24-20-18(14)23-9-16(25-20)29-11-2-3-12(29)7-10(22)6-11/h4-5,8-12H,2-3,6-7,22H2,1H3,(H,24,25)/t10?,11-,12+. The number of benzene rings is 1. The molecule has 0 radical (unpaired) electrons. The van der Waals surface area contributed by atoms with E-state index < -0.39 is 0 Å². The summed E-state index contributed by atoms with van der Waals surface area (Å²) < 4.78 is 0. The quantitative estimate of drug-likeness (QED) is 0.528. The molecule has 3 N–H and O–H groups in total. The predicted octanol–water partition coefficient (Wildman–Crippen LogP) is 3.02. The van der Waals surface area contributed by atoms with Crippen LogP contribution in [-0.4, -0.2) is 48.1 Å². The Kier molecular flexibility index (Phi) is 3.64. The molecule has 0 spiro atoms. The number of fused-ring (bicyclic) bond motifs is 4. The Morgan fingerprint density at radius 1 is 1.10 bits per heavy atom. The van der Waals surface area contributed by atoms with Crippen LogP contribution in [-0.2, 0) is 7.05 Å². The number of nitrogens with two attached hydrogens (primary N) is 1. The summed E-state index contributed by atoms with van der Waals surface area (Å²) in [4.78, 5) is 16.9. The van der Waals surface area contributed by atoms with E-state index in [0.29, 0.717) is 28.7 Å². The highest BCUT2D eigenvalue weighted by atomic mass is 35.5. The first kappa shape index (κ1) is 17.2. The highest BCUT2D eigenvalue weighted by Crippen LogP contribution is 2.39. The Hall–Kier alpha value is -2.71. The number of H-pyrrole nitrogens is 1. The molecule has 148 valence electrons. The number of aromatic amines is 1. The summed E-state index contributed by atoms with van der Waals surface area (Å²) in [6.07, 6.45) is 8.22. The van der Waals surface area contributed by atoms with Gasteiger partial charge in [0.15, 0.2) is 5.65 Å². The number of hydrogen-bond donors (Lipinski definition) is 2. The number of piperidine rings is 1. The SMILES string of the molecule is Cn1nc2ccc(-c3c[nH]c4nc(N5[C@@H]6CC[C@H]5CC(N)C6)cnc34)c(Cl)c2n1. The summed E-state index contributed by atoms with van der Waals surface area (Å²) >= 11 is 6.66. The lowest BCUT2D eigenvalue weighted by molar-refractivity contribution is 0.412. The number of nitrogens with one attached hydrogen (secondary N) is 1. The summed E-state index contributed by atoms with van der Waals surface area (Å²) in [5, 5.41) is 9.27. The normalized spacial score (nSPS) is 24.1. The first-order valence-corrected chi connectivity index (χ1v) is 10.3. The molecule has 2 bridgehead atoms. The van der Waals surface area contributed by atoms with E-state index in [1.54, 1.807) is 7.05 Å². The van der Waals surface area contributed by atoms with Crippen molar-refractivity contribution in [3.63, 3.8) is 0 Å². The zero-order valence-electron chi connectivity index (χ0n) is 16.0. The van der Waals surface area contributed by atoms with Crippen molar-refractivity contribution in [1.29, 1.82) is 0 Å². The van der Waals surface area contributed by atoms with Gasteiger partial charge in [-0.2, -0.15) is 15.0 Å². The average Bonchev–Trinajstić information content (AvgIpc) is 3.36. The molecule has 1 aromatic carbocycles. The summed E-state index contributed by atoms with van der Waals surface area (Å²) in [5.41, 5.74) is 11.0. The lowest BCUT2D eigenvalue weighted by Gasteiger charge is -2.38. The maximum atomic E-state index is 6.66. The molecule has 4 aromatic rings. The van der Waals surface area contributed by atoms with Crippen molar-refractivity contribution >= 4 is 39.6 Å². The van der Waals surface area contributed by atoms with Gasteiger partial charge in [-0.05, 0) is 31.7 Å². The summed E-state index contributed by atoms with van der Waals surface area (Å²) in [6, 6.07) is 5.13. The Balaban J connectivity index is 1.42. The number of rotatable bonds is 2. The second-order valence-electron chi connectivity index (χ2n) is 8.14. The van der Waals surface area contributed by atoms with Gasteiger partial charge in [0.05, 0.1) is 11.2 Å². The maximum Gasteiger partial charge on any atom is 0.159 e. The van der Waals surface area contributed by atoms with E-state index in [2.05, 4.69) is 20.1 Å². The largest absolute Gasteiger partial charge is 0.349 e. The van der Waals surface area contributed by atoms with Crippen LogP contribution in [0, 0.1) is 0 Å². The van der Waals surface area contributed by atoms with E-state index in [4.69, 9.17) is 27.3 Å². The minimum Gasteiger partial charge on any atom is -0.349 e. The van der Waals surface area contributed by atoms with Gasteiger partial charge < -0.3 is 15.6 Å². The predicted molar refractivity (Wildman–Crippen MR) is 113 cm³/mol. The van der Waals surface area contributed by atoms with Crippen LogP contribution in [0.15, 0.2) is 24.5 Å². The Morgan fingerprint density at radius 3 is 2.69 bits per heavy atom. The molecule has 0 aliphatic carbocycles. The first-order chi connectivity index (χ1) is 14.1. The van der Waals surface area contributed by atoms with Crippen LogP contribution < -0.4 is 10.6 Å². The van der Waals surface area contributed by atoms with Crippen LogP contribution in [0.3, 0.4) is 0 Å². The van der Waals surface area contributed by atoms with Gasteiger partial charge in [-0.15, -0.1) is 0 Å². The molecule has 3 aromatic heterocycles. The highest BCUT2D eigenvalue weighted by Gasteiger charge is 2.40. The zero-order valence-corrected chi connectivity index (χ0v) is 16.8. The number of nitrogens with zero attached hydrogens (tertiary/aromatic N) is 6. The Morgan fingerprint density at radius 2 is 1.90 bits per heavy atom. The van der Waals surface area contributed by atoms with Crippen molar-refractivity contribution in [2.45, 2.75) is 43.8 Å². The molecule has 0 saturated carbocycles. The smallest absolute Gasteiger partial charge is 0.159 e. The van der Waals surface area contributed by atoms with Gasteiger partial charge in [0.2, 0.25) is 0 Å². The Labute approximate surface area is 172 Å². The third kappa shape index (κ3) is 2.55. The number of halogens is 1. The minimum atomic E-state index is 0.302. The molecule has 0 amide bonds. The van der Waals surface area contributed by atoms with Gasteiger partial charge in [-0.25, -0.2) is 9.97 Å². The van der Waals surface area contributed by atoms with Crippen LogP contribution in [0.4, 0.5) is 5.82 Å². The van der Waals surface area contributed by atoms with E-state index in [-0.39, 0.29) is 0 Å². The molecule has 1 unspecified atom stereocenters. The molecule has 5 heterocycles. The van der Waals surface area contributed by atoms with Crippen LogP contribution >= 0.6 is 11.6 Å². The molecular formula is C20H21ClN8. The van der Waals surface area contributed by atoms with Gasteiger partial charge in [0, 0.05) is 42.5 Å². The van der Waals surface area contributed by atoms with Gasteiger partial charge in [0.1, 0.15) is 22.4 Å². The number of aromatic nitrogens is 6. The van der Waals surface area contributed by atoms with E-state index >= 15 is 0 Å². The minimum absolute atomic E-state index is 0.302. The number of anilines is 1. The van der Waals surface area contributed by atoms with E-state index in [9.17, 15) is 0 Å². The van der Waals surface area contributed by atoms with Gasteiger partial charge >= 0.3 is 0 Å². The summed E-state index contributed by atoms with van der Waals surface area (Å²) in [7, 11) is 1.79. The van der Waals surface area contributed by atoms with Crippen molar-refractivity contribution in [2.24, 2.45) is 12.8 Å². The fourth-order valence-corrected chi connectivity index (χ4v) is 5.37. The van der Waals surface area contributed by atoms with Crippen molar-refractivity contribution in [2.75, 3.05) is 4.90 Å². The molecule has 2 fully saturated rings. The number of hydrogen-bond acceptors (Lipinski definition) is 6. The lowest BCUT2D eigenvalue weighted by atomic mass is 9.98. The number of aryl methyl sites for hydroxylation is 1. The molecule has 2 saturated heterocycles. The molecule has 9 heteroatoms. The van der Waals surface area contributed by atoms with E-state index in [1.165, 1.54) is 17.6 Å². The maximum absolute atomic E-state index is 6.66. The lowest BCUT2D eigenvalue weighted by Crippen LogP contribution is -2.47. The molecule has 29 heavy (non-hydrogen) atoms. The molecule has 2 aliphatic heterocycles. The van der Waals surface area contributed by atoms with Crippen molar-refractivity contribution < 1.29 is 0 Å². The van der Waals surface area contributed by atoms with Crippen LogP contribution in [0.1, 0.15) is 25.7 Å². The van der Waals surface area contributed by atoms with Crippen molar-refractivity contribution in [1.82, 2.24) is 29.9 Å². The fourth-order valence-electron chi connectivity index (χ4n) is 5.07. The second kappa shape index (κ2) is 6.14. The topological polar surface area (TPSA) is 102 Å². The fraction of sp³-hybridized carbons (Fsp3) is 0.400. The summed E-state index contributed by atoms with van der Waals surface area (Å²) in [5.74, 6) is 0.931. The Bertz CT molecular complexity index is 1230. The highest BCUT2D eigenvalue weighted by molar-refractivity contribution is 6.38. The van der Waals surface area contributed by atoms with Gasteiger partial charge in [-0.3, -0.25) is 0 Å². The van der Waals surface area contributed by atoms with Crippen LogP contribution in [0.25, 0.3) is 33.3 Å². The van der Waals surface area contributed by atoms with Crippen LogP contribution in [0.5, 0.6) is 0 Å². The molecule has 8 nitrogen and oxygen atoms in total. The van der Waals surface area contributed by atoms with Gasteiger partial charge in [-0.1, -0.05) is 17.7 Å². The van der Waals surface area contributed by atoms with E-state index in [1.807, 2.05) is 24.5 Å². The zero-order chi connectivity index (χ0) is 19.7. The monoisotopic (exact) mass is 408 g/mol. The average molecular weight is 409 g/mol. The third-order valence-corrected chi connectivity index (χ3v) is 6.67. The van der Waals surface area contributed by atoms with Crippen molar-refractivity contribution in [3.8, 4) is 11.1 Å². The molecular weight excluding hydrogens is 388 g/mol. The van der Waals surface area contributed by atoms with Crippen molar-refractivity contribution in [3.05, 3.63) is 29.5 Å². The van der Waals surface area contributed by atoms with Gasteiger partial charge in [0.25, 0.3) is 0 Å². The van der Waals surface area contributed by atoms with Crippen LogP contribution in [0.2, 0.25) is 5.02 Å². The summed E-state index contributed by atoms with van der Waals surface area (Å²) in [6.45, 7) is 0. The van der Waals surface area contributed by atoms with E-state index in [0.717, 1.165) is 46.5 Å². The second-order valence-corrected chi connectivity index (χ2v) is 8.51. The molecule has 3 atom stereocenters.